The Labute approximate surface area is 166 Å². The summed E-state index contributed by atoms with van der Waals surface area (Å²) in [4.78, 5) is 4.80. The molecule has 0 radical (unpaired) electrons. The molecule has 0 bridgehead atoms. The first kappa shape index (κ1) is 18.2. The van der Waals surface area contributed by atoms with Crippen LogP contribution in [0.3, 0.4) is 0 Å². The Balaban J connectivity index is 1.92. The van der Waals surface area contributed by atoms with Crippen LogP contribution >= 0.6 is 0 Å². The fourth-order valence-electron chi connectivity index (χ4n) is 3.41. The van der Waals surface area contributed by atoms with Gasteiger partial charge in [0.25, 0.3) is 0 Å². The zero-order valence-electron chi connectivity index (χ0n) is 16.2. The molecule has 0 aliphatic carbocycles. The Morgan fingerprint density at radius 3 is 1.93 bits per heavy atom. The summed E-state index contributed by atoms with van der Waals surface area (Å²) in [6, 6.07) is 31.0. The van der Waals surface area contributed by atoms with E-state index >= 15 is 0 Å². The first-order valence-corrected chi connectivity index (χ1v) is 9.63. The molecule has 0 spiro atoms. The molecule has 0 N–H and O–H groups in total. The molecule has 1 heterocycles. The molecule has 4 aromatic rings. The van der Waals surface area contributed by atoms with Gasteiger partial charge in [0.2, 0.25) is 0 Å². The molecule has 28 heavy (non-hydrogen) atoms. The first-order valence-electron chi connectivity index (χ1n) is 9.63. The Hall–Kier alpha value is -3.17. The van der Waals surface area contributed by atoms with Crippen LogP contribution in [0.2, 0.25) is 0 Å². The largest absolute Gasteiger partial charge is 0.365 e. The predicted molar refractivity (Wildman–Crippen MR) is 114 cm³/mol. The smallest absolute Gasteiger partial charge is 0.144 e. The highest BCUT2D eigenvalue weighted by atomic mass is 16.5. The van der Waals surface area contributed by atoms with Crippen LogP contribution in [0.1, 0.15) is 31.2 Å². The van der Waals surface area contributed by atoms with Crippen LogP contribution in [0, 0.1) is 0 Å². The van der Waals surface area contributed by atoms with E-state index in [1.807, 2.05) is 48.7 Å². The summed E-state index contributed by atoms with van der Waals surface area (Å²) in [5, 5.41) is 0. The standard InChI is InChI=1S/C25H24N2O/c1-19(2)28-24(20-12-6-3-7-13-20)23-18-26-25(21-14-8-4-9-15-21)27(23)22-16-10-5-11-17-22/h3-19,24H,1-2H3. The molecule has 0 aliphatic rings. The van der Waals surface area contributed by atoms with Crippen molar-refractivity contribution in [2.24, 2.45) is 0 Å². The summed E-state index contributed by atoms with van der Waals surface area (Å²) in [5.41, 5.74) is 4.29. The molecule has 0 saturated carbocycles. The van der Waals surface area contributed by atoms with Gasteiger partial charge in [-0.1, -0.05) is 78.9 Å². The van der Waals surface area contributed by atoms with Crippen LogP contribution in [0.15, 0.2) is 97.2 Å². The fourth-order valence-corrected chi connectivity index (χ4v) is 3.41. The van der Waals surface area contributed by atoms with Gasteiger partial charge < -0.3 is 4.74 Å². The highest BCUT2D eigenvalue weighted by molar-refractivity contribution is 5.60. The van der Waals surface area contributed by atoms with Gasteiger partial charge in [0.1, 0.15) is 11.9 Å². The molecule has 3 nitrogen and oxygen atoms in total. The maximum absolute atomic E-state index is 6.37. The average Bonchev–Trinajstić information content (AvgIpc) is 3.18. The number of benzene rings is 3. The third-order valence-electron chi connectivity index (χ3n) is 4.61. The van der Waals surface area contributed by atoms with E-state index in [0.29, 0.717) is 0 Å². The summed E-state index contributed by atoms with van der Waals surface area (Å²) in [6.07, 6.45) is 1.82. The first-order chi connectivity index (χ1) is 13.7. The molecular formula is C25H24N2O. The molecule has 1 unspecified atom stereocenters. The van der Waals surface area contributed by atoms with E-state index in [-0.39, 0.29) is 12.2 Å². The van der Waals surface area contributed by atoms with Crippen molar-refractivity contribution in [3.63, 3.8) is 0 Å². The van der Waals surface area contributed by atoms with E-state index in [0.717, 1.165) is 28.3 Å². The highest BCUT2D eigenvalue weighted by Gasteiger charge is 2.24. The number of rotatable bonds is 6. The number of nitrogens with zero attached hydrogens (tertiary/aromatic N) is 2. The molecule has 1 atom stereocenters. The summed E-state index contributed by atoms with van der Waals surface area (Å²) < 4.78 is 8.58. The third-order valence-corrected chi connectivity index (χ3v) is 4.61. The number of hydrogen-bond donors (Lipinski definition) is 0. The molecule has 4 rings (SSSR count). The minimum Gasteiger partial charge on any atom is -0.365 e. The second-order valence-electron chi connectivity index (χ2n) is 7.02. The summed E-state index contributed by atoms with van der Waals surface area (Å²) >= 11 is 0. The van der Waals surface area contributed by atoms with Crippen molar-refractivity contribution in [3.05, 3.63) is 108 Å². The number of hydrogen-bond acceptors (Lipinski definition) is 2. The number of aromatic nitrogens is 2. The highest BCUT2D eigenvalue weighted by Crippen LogP contribution is 2.33. The zero-order valence-corrected chi connectivity index (χ0v) is 16.2. The van der Waals surface area contributed by atoms with Crippen LogP contribution in [0.4, 0.5) is 0 Å². The lowest BCUT2D eigenvalue weighted by Crippen LogP contribution is -2.16. The van der Waals surface area contributed by atoms with Gasteiger partial charge in [-0.15, -0.1) is 0 Å². The molecule has 3 heteroatoms. The molecule has 3 aromatic carbocycles. The minimum atomic E-state index is -0.202. The van der Waals surface area contributed by atoms with Gasteiger partial charge in [-0.3, -0.25) is 4.57 Å². The van der Waals surface area contributed by atoms with Crippen LogP contribution in [0.5, 0.6) is 0 Å². The lowest BCUT2D eigenvalue weighted by atomic mass is 10.1. The normalized spacial score (nSPS) is 12.2. The molecule has 0 amide bonds. The maximum atomic E-state index is 6.37. The SMILES string of the molecule is CC(C)OC(c1ccccc1)c1cnc(-c2ccccc2)n1-c1ccccc1. The third kappa shape index (κ3) is 3.75. The van der Waals surface area contributed by atoms with Crippen molar-refractivity contribution in [2.75, 3.05) is 0 Å². The van der Waals surface area contributed by atoms with Crippen molar-refractivity contribution < 1.29 is 4.74 Å². The lowest BCUT2D eigenvalue weighted by Gasteiger charge is -2.23. The van der Waals surface area contributed by atoms with Gasteiger partial charge in [-0.05, 0) is 31.5 Å². The molecule has 0 saturated heterocycles. The average molecular weight is 368 g/mol. The minimum absolute atomic E-state index is 0.0875. The van der Waals surface area contributed by atoms with Crippen molar-refractivity contribution in [2.45, 2.75) is 26.1 Å². The van der Waals surface area contributed by atoms with E-state index in [2.05, 4.69) is 66.9 Å². The predicted octanol–water partition coefficient (Wildman–Crippen LogP) is 6.05. The van der Waals surface area contributed by atoms with E-state index in [9.17, 15) is 0 Å². The Morgan fingerprint density at radius 1 is 0.750 bits per heavy atom. The quantitative estimate of drug-likeness (QED) is 0.414. The van der Waals surface area contributed by atoms with Crippen LogP contribution in [0.25, 0.3) is 17.1 Å². The Morgan fingerprint density at radius 2 is 1.32 bits per heavy atom. The molecular weight excluding hydrogens is 344 g/mol. The van der Waals surface area contributed by atoms with Gasteiger partial charge >= 0.3 is 0 Å². The van der Waals surface area contributed by atoms with Crippen molar-refractivity contribution in [1.29, 1.82) is 0 Å². The number of imidazole rings is 1. The maximum Gasteiger partial charge on any atom is 0.144 e. The van der Waals surface area contributed by atoms with Gasteiger partial charge in [0, 0.05) is 11.3 Å². The van der Waals surface area contributed by atoms with Crippen molar-refractivity contribution in [1.82, 2.24) is 9.55 Å². The lowest BCUT2D eigenvalue weighted by molar-refractivity contribution is 0.0272. The molecule has 140 valence electrons. The van der Waals surface area contributed by atoms with E-state index < -0.39 is 0 Å². The van der Waals surface area contributed by atoms with Gasteiger partial charge in [0.15, 0.2) is 0 Å². The second kappa shape index (κ2) is 8.24. The Bertz CT molecular complexity index is 1010. The summed E-state index contributed by atoms with van der Waals surface area (Å²) in [5.74, 6) is 0.912. The van der Waals surface area contributed by atoms with Gasteiger partial charge in [-0.25, -0.2) is 4.98 Å². The van der Waals surface area contributed by atoms with Crippen LogP contribution in [-0.4, -0.2) is 15.7 Å². The summed E-state index contributed by atoms with van der Waals surface area (Å²) in [7, 11) is 0. The van der Waals surface area contributed by atoms with Crippen LogP contribution in [-0.2, 0) is 4.74 Å². The molecule has 1 aromatic heterocycles. The van der Waals surface area contributed by atoms with Gasteiger partial charge in [0.05, 0.1) is 18.0 Å². The van der Waals surface area contributed by atoms with Gasteiger partial charge in [-0.2, -0.15) is 0 Å². The zero-order chi connectivity index (χ0) is 19.3. The van der Waals surface area contributed by atoms with Crippen molar-refractivity contribution in [3.8, 4) is 17.1 Å². The summed E-state index contributed by atoms with van der Waals surface area (Å²) in [6.45, 7) is 4.13. The molecule has 0 fully saturated rings. The van der Waals surface area contributed by atoms with E-state index in [1.54, 1.807) is 0 Å². The number of para-hydroxylation sites is 1. The van der Waals surface area contributed by atoms with E-state index in [4.69, 9.17) is 9.72 Å². The fraction of sp³-hybridized carbons (Fsp3) is 0.160. The molecule has 0 aliphatic heterocycles. The number of ether oxygens (including phenoxy) is 1. The topological polar surface area (TPSA) is 27.1 Å². The van der Waals surface area contributed by atoms with Crippen molar-refractivity contribution >= 4 is 0 Å². The second-order valence-corrected chi connectivity index (χ2v) is 7.02. The van der Waals surface area contributed by atoms with E-state index in [1.165, 1.54) is 0 Å². The van der Waals surface area contributed by atoms with Crippen LogP contribution < -0.4 is 0 Å². The Kier molecular flexibility index (Phi) is 5.36. The monoisotopic (exact) mass is 368 g/mol.